The minimum atomic E-state index is -0.702. The fraction of sp³-hybridized carbons (Fsp3) is 0.526. The average Bonchev–Trinajstić information content (AvgIpc) is 3.25. The first-order chi connectivity index (χ1) is 13.1. The van der Waals surface area contributed by atoms with Crippen LogP contribution in [0.2, 0.25) is 0 Å². The number of nitrogens with one attached hydrogen (secondary N) is 1. The zero-order valence-electron chi connectivity index (χ0n) is 15.7. The molecule has 1 aromatic rings. The number of morpholine rings is 1. The van der Waals surface area contributed by atoms with Gasteiger partial charge in [0, 0.05) is 13.1 Å². The summed E-state index contributed by atoms with van der Waals surface area (Å²) in [4.78, 5) is 33.1. The van der Waals surface area contributed by atoms with Gasteiger partial charge in [-0.15, -0.1) is 24.0 Å². The second kappa shape index (κ2) is 8.64. The molecule has 0 bridgehead atoms. The van der Waals surface area contributed by atoms with Crippen LogP contribution in [0.25, 0.3) is 0 Å². The zero-order valence-corrected chi connectivity index (χ0v) is 18.1. The Kier molecular flexibility index (Phi) is 6.43. The molecule has 1 aromatic carbocycles. The summed E-state index contributed by atoms with van der Waals surface area (Å²) < 4.78 is 5.32. The van der Waals surface area contributed by atoms with Crippen molar-refractivity contribution in [2.45, 2.75) is 37.8 Å². The van der Waals surface area contributed by atoms with Crippen LogP contribution in [0.1, 0.15) is 31.2 Å². The monoisotopic (exact) mass is 499 g/mol. The number of guanidine groups is 1. The molecule has 9 heteroatoms. The summed E-state index contributed by atoms with van der Waals surface area (Å²) in [5.41, 5.74) is 6.85. The Morgan fingerprint density at radius 2 is 1.93 bits per heavy atom. The van der Waals surface area contributed by atoms with Crippen molar-refractivity contribution in [2.75, 3.05) is 31.2 Å². The molecular formula is C19H26IN5O3. The van der Waals surface area contributed by atoms with Crippen LogP contribution in [0, 0.1) is 0 Å². The van der Waals surface area contributed by atoms with Crippen LogP contribution < -0.4 is 16.0 Å². The van der Waals surface area contributed by atoms with Gasteiger partial charge in [-0.05, 0) is 30.5 Å². The maximum absolute atomic E-state index is 12.9. The van der Waals surface area contributed by atoms with Gasteiger partial charge in [-0.2, -0.15) is 0 Å². The van der Waals surface area contributed by atoms with Crippen molar-refractivity contribution in [3.05, 3.63) is 29.8 Å². The molecule has 3 N–H and O–H groups in total. The number of carbonyl (C=O) groups is 2. The summed E-state index contributed by atoms with van der Waals surface area (Å²) in [6.07, 6.45) is 3.37. The number of hydrogen-bond donors (Lipinski definition) is 2. The van der Waals surface area contributed by atoms with Gasteiger partial charge in [-0.25, -0.2) is 14.7 Å². The Hall–Kier alpha value is -1.88. The number of anilines is 1. The molecule has 1 spiro atoms. The summed E-state index contributed by atoms with van der Waals surface area (Å²) in [6, 6.07) is 7.04. The van der Waals surface area contributed by atoms with Crippen LogP contribution in [-0.4, -0.2) is 54.6 Å². The normalized spacial score (nSPS) is 21.8. The minimum absolute atomic E-state index is 0. The predicted octanol–water partition coefficient (Wildman–Crippen LogP) is 1.82. The average molecular weight is 499 g/mol. The molecule has 0 radical (unpaired) electrons. The molecule has 8 nitrogen and oxygen atoms in total. The number of benzene rings is 1. The summed E-state index contributed by atoms with van der Waals surface area (Å²) in [7, 11) is 0. The first-order valence-electron chi connectivity index (χ1n) is 9.47. The fourth-order valence-corrected chi connectivity index (χ4v) is 4.03. The highest BCUT2D eigenvalue weighted by Gasteiger charge is 2.52. The molecule has 4 rings (SSSR count). The molecule has 3 fully saturated rings. The Labute approximate surface area is 181 Å². The lowest BCUT2D eigenvalue weighted by atomic mass is 9.98. The number of carbonyl (C=O) groups excluding carboxylic acids is 2. The van der Waals surface area contributed by atoms with Gasteiger partial charge in [0.15, 0.2) is 5.96 Å². The van der Waals surface area contributed by atoms with Gasteiger partial charge in [0.1, 0.15) is 5.54 Å². The maximum Gasteiger partial charge on any atom is 0.329 e. The van der Waals surface area contributed by atoms with Crippen LogP contribution in [0.15, 0.2) is 29.3 Å². The SMILES string of the molecule is I.NC(=NCc1cccc(N2C(=O)NC3(CCCC3)C2=O)c1)N1CCOCC1. The van der Waals surface area contributed by atoms with Crippen molar-refractivity contribution in [1.82, 2.24) is 10.2 Å². The molecule has 0 aromatic heterocycles. The van der Waals surface area contributed by atoms with Crippen molar-refractivity contribution in [2.24, 2.45) is 10.7 Å². The van der Waals surface area contributed by atoms with Gasteiger partial charge in [0.05, 0.1) is 25.4 Å². The third-order valence-corrected chi connectivity index (χ3v) is 5.55. The highest BCUT2D eigenvalue weighted by atomic mass is 127. The Morgan fingerprint density at radius 3 is 2.64 bits per heavy atom. The Bertz CT molecular complexity index is 773. The molecule has 152 valence electrons. The second-order valence-electron chi connectivity index (χ2n) is 7.30. The van der Waals surface area contributed by atoms with Crippen LogP contribution >= 0.6 is 24.0 Å². The van der Waals surface area contributed by atoms with E-state index in [0.717, 1.165) is 31.5 Å². The molecule has 3 amide bonds. The Balaban J connectivity index is 0.00000225. The molecule has 1 saturated carbocycles. The lowest BCUT2D eigenvalue weighted by Crippen LogP contribution is -2.44. The molecule has 2 heterocycles. The summed E-state index contributed by atoms with van der Waals surface area (Å²) in [6.45, 7) is 3.17. The largest absolute Gasteiger partial charge is 0.378 e. The van der Waals surface area contributed by atoms with Crippen molar-refractivity contribution < 1.29 is 14.3 Å². The van der Waals surface area contributed by atoms with E-state index in [1.165, 1.54) is 4.90 Å². The predicted molar refractivity (Wildman–Crippen MR) is 117 cm³/mol. The molecule has 0 unspecified atom stereocenters. The third kappa shape index (κ3) is 3.95. The van der Waals surface area contributed by atoms with Crippen molar-refractivity contribution in [3.63, 3.8) is 0 Å². The number of amides is 3. The number of nitrogens with two attached hydrogens (primary N) is 1. The van der Waals surface area contributed by atoms with E-state index in [9.17, 15) is 9.59 Å². The number of ether oxygens (including phenoxy) is 1. The number of rotatable bonds is 3. The molecule has 2 saturated heterocycles. The van der Waals surface area contributed by atoms with E-state index in [-0.39, 0.29) is 35.9 Å². The van der Waals surface area contributed by atoms with Gasteiger partial charge in [0.2, 0.25) is 0 Å². The fourth-order valence-electron chi connectivity index (χ4n) is 4.03. The number of imide groups is 1. The van der Waals surface area contributed by atoms with Gasteiger partial charge in [0.25, 0.3) is 5.91 Å². The summed E-state index contributed by atoms with van der Waals surface area (Å²) in [5.74, 6) is 0.349. The summed E-state index contributed by atoms with van der Waals surface area (Å²) >= 11 is 0. The van der Waals surface area contributed by atoms with Crippen LogP contribution in [0.3, 0.4) is 0 Å². The molecule has 3 aliphatic rings. The highest BCUT2D eigenvalue weighted by Crippen LogP contribution is 2.37. The highest BCUT2D eigenvalue weighted by molar-refractivity contribution is 14.0. The Morgan fingerprint density at radius 1 is 1.21 bits per heavy atom. The number of nitrogens with zero attached hydrogens (tertiary/aromatic N) is 3. The van der Waals surface area contributed by atoms with Gasteiger partial charge < -0.3 is 20.7 Å². The van der Waals surface area contributed by atoms with E-state index >= 15 is 0 Å². The van der Waals surface area contributed by atoms with E-state index < -0.39 is 5.54 Å². The van der Waals surface area contributed by atoms with Crippen molar-refractivity contribution in [1.29, 1.82) is 0 Å². The van der Waals surface area contributed by atoms with Crippen molar-refractivity contribution >= 4 is 47.6 Å². The maximum atomic E-state index is 12.9. The lowest BCUT2D eigenvalue weighted by molar-refractivity contribution is -0.121. The molecule has 2 aliphatic heterocycles. The van der Waals surface area contributed by atoms with Gasteiger partial charge in [-0.1, -0.05) is 25.0 Å². The lowest BCUT2D eigenvalue weighted by Gasteiger charge is -2.27. The quantitative estimate of drug-likeness (QED) is 0.286. The van der Waals surface area contributed by atoms with Crippen molar-refractivity contribution in [3.8, 4) is 0 Å². The topological polar surface area (TPSA) is 100 Å². The number of aliphatic imine (C=N–C) groups is 1. The zero-order chi connectivity index (χ0) is 18.9. The van der Waals surface area contributed by atoms with Gasteiger partial charge >= 0.3 is 6.03 Å². The smallest absolute Gasteiger partial charge is 0.329 e. The minimum Gasteiger partial charge on any atom is -0.378 e. The number of halogens is 1. The van der Waals surface area contributed by atoms with E-state index in [2.05, 4.69) is 10.3 Å². The van der Waals surface area contributed by atoms with Crippen LogP contribution in [0.5, 0.6) is 0 Å². The van der Waals surface area contributed by atoms with E-state index in [0.29, 0.717) is 44.2 Å². The second-order valence-corrected chi connectivity index (χ2v) is 7.30. The number of hydrogen-bond acceptors (Lipinski definition) is 4. The standard InChI is InChI=1S/C19H25N5O3.HI/c20-17(23-8-10-27-11-9-23)21-13-14-4-3-5-15(12-14)24-16(25)19(22-18(24)26)6-1-2-7-19;/h3-5,12H,1-2,6-11,13H2,(H2,20,21)(H,22,26);1H. The van der Waals surface area contributed by atoms with E-state index in [1.807, 2.05) is 23.1 Å². The van der Waals surface area contributed by atoms with Crippen LogP contribution in [0.4, 0.5) is 10.5 Å². The molecule has 0 atom stereocenters. The number of urea groups is 1. The van der Waals surface area contributed by atoms with Gasteiger partial charge in [-0.3, -0.25) is 4.79 Å². The first kappa shape index (κ1) is 20.8. The van der Waals surface area contributed by atoms with E-state index in [4.69, 9.17) is 10.5 Å². The molecule has 1 aliphatic carbocycles. The van der Waals surface area contributed by atoms with Crippen LogP contribution in [-0.2, 0) is 16.1 Å². The first-order valence-corrected chi connectivity index (χ1v) is 9.47. The third-order valence-electron chi connectivity index (χ3n) is 5.55. The van der Waals surface area contributed by atoms with E-state index in [1.54, 1.807) is 6.07 Å². The molecular weight excluding hydrogens is 473 g/mol. The molecule has 28 heavy (non-hydrogen) atoms. The summed E-state index contributed by atoms with van der Waals surface area (Å²) in [5, 5.41) is 2.91.